The molecule has 1 atom stereocenters. The Labute approximate surface area is 134 Å². The van der Waals surface area contributed by atoms with Gasteiger partial charge in [-0.15, -0.1) is 0 Å². The zero-order chi connectivity index (χ0) is 16.4. The van der Waals surface area contributed by atoms with Gasteiger partial charge < -0.3 is 20.1 Å². The molecule has 7 heteroatoms. The smallest absolute Gasteiger partial charge is 0.328 e. The summed E-state index contributed by atoms with van der Waals surface area (Å²) in [5.74, 6) is 1.02. The number of carbonyl (C=O) groups is 2. The number of nitrogens with one attached hydrogen (secondary N) is 2. The van der Waals surface area contributed by atoms with Crippen LogP contribution in [0.4, 0.5) is 4.79 Å². The lowest BCUT2D eigenvalue weighted by atomic mass is 10.2. The first-order valence-corrected chi connectivity index (χ1v) is 8.24. The molecule has 1 aromatic carbocycles. The molecule has 0 aliphatic rings. The number of benzene rings is 1. The van der Waals surface area contributed by atoms with Gasteiger partial charge in [0.1, 0.15) is 11.8 Å². The van der Waals surface area contributed by atoms with Crippen molar-refractivity contribution in [3.05, 3.63) is 29.8 Å². The fourth-order valence-corrected chi connectivity index (χ4v) is 2.33. The Kier molecular flexibility index (Phi) is 8.21. The zero-order valence-corrected chi connectivity index (χ0v) is 13.9. The van der Waals surface area contributed by atoms with Crippen LogP contribution in [0.15, 0.2) is 24.3 Å². The second kappa shape index (κ2) is 9.94. The number of carbonyl (C=O) groups excluding carboxylic acids is 2. The van der Waals surface area contributed by atoms with Gasteiger partial charge in [-0.25, -0.2) is 9.59 Å². The van der Waals surface area contributed by atoms with E-state index in [-0.39, 0.29) is 0 Å². The molecule has 0 heterocycles. The molecular formula is C15H22N2O4S. The molecule has 6 nitrogen and oxygen atoms in total. The van der Waals surface area contributed by atoms with Gasteiger partial charge in [-0.3, -0.25) is 0 Å². The lowest BCUT2D eigenvalue weighted by Crippen LogP contribution is -2.46. The predicted octanol–water partition coefficient (Wildman–Crippen LogP) is 1.79. The molecule has 0 saturated heterocycles. The lowest BCUT2D eigenvalue weighted by molar-refractivity contribution is -0.142. The molecule has 0 aromatic heterocycles. The van der Waals surface area contributed by atoms with E-state index in [1.165, 1.54) is 7.11 Å². The first-order chi connectivity index (χ1) is 10.6. The largest absolute Gasteiger partial charge is 0.496 e. The van der Waals surface area contributed by atoms with Gasteiger partial charge in [0, 0.05) is 12.1 Å². The molecule has 1 aromatic rings. The summed E-state index contributed by atoms with van der Waals surface area (Å²) in [5, 5.41) is 5.35. The van der Waals surface area contributed by atoms with Crippen molar-refractivity contribution in [1.82, 2.24) is 10.6 Å². The SMILES string of the molecule is COC(=O)[C@@H](CCSC)NC(=O)NCc1ccccc1OC. The van der Waals surface area contributed by atoms with Crippen molar-refractivity contribution in [2.24, 2.45) is 0 Å². The zero-order valence-electron chi connectivity index (χ0n) is 13.0. The molecule has 0 radical (unpaired) electrons. The number of ether oxygens (including phenoxy) is 2. The van der Waals surface area contributed by atoms with Gasteiger partial charge in [0.15, 0.2) is 0 Å². The Morgan fingerprint density at radius 1 is 1.27 bits per heavy atom. The minimum atomic E-state index is -0.643. The standard InChI is InChI=1S/C15H22N2O4S/c1-20-13-7-5-4-6-11(13)10-16-15(19)17-12(8-9-22-3)14(18)21-2/h4-7,12H,8-10H2,1-3H3,(H2,16,17,19)/t12-/m1/s1. The maximum absolute atomic E-state index is 11.9. The Hall–Kier alpha value is -1.89. The van der Waals surface area contributed by atoms with Crippen LogP contribution in [0, 0.1) is 0 Å². The topological polar surface area (TPSA) is 76.7 Å². The average molecular weight is 326 g/mol. The third-order valence-electron chi connectivity index (χ3n) is 3.03. The number of thioether (sulfide) groups is 1. The van der Waals surface area contributed by atoms with Gasteiger partial charge in [0.05, 0.1) is 14.2 Å². The highest BCUT2D eigenvalue weighted by molar-refractivity contribution is 7.98. The molecule has 0 unspecified atom stereocenters. The summed E-state index contributed by atoms with van der Waals surface area (Å²) in [6, 6.07) is 6.36. The summed E-state index contributed by atoms with van der Waals surface area (Å²) in [6.45, 7) is 0.312. The Morgan fingerprint density at radius 2 is 2.00 bits per heavy atom. The van der Waals surface area contributed by atoms with Gasteiger partial charge in [-0.2, -0.15) is 11.8 Å². The van der Waals surface area contributed by atoms with Crippen LogP contribution < -0.4 is 15.4 Å². The van der Waals surface area contributed by atoms with Crippen molar-refractivity contribution in [2.75, 3.05) is 26.2 Å². The highest BCUT2D eigenvalue weighted by Gasteiger charge is 2.20. The first kappa shape index (κ1) is 18.2. The van der Waals surface area contributed by atoms with Crippen LogP contribution in [-0.4, -0.2) is 44.3 Å². The number of rotatable bonds is 8. The maximum atomic E-state index is 11.9. The molecular weight excluding hydrogens is 304 g/mol. The van der Waals surface area contributed by atoms with Crippen LogP contribution in [-0.2, 0) is 16.1 Å². The molecule has 0 bridgehead atoms. The minimum absolute atomic E-state index is 0.312. The normalized spacial score (nSPS) is 11.4. The highest BCUT2D eigenvalue weighted by Crippen LogP contribution is 2.16. The molecule has 0 fully saturated rings. The molecule has 0 spiro atoms. The first-order valence-electron chi connectivity index (χ1n) is 6.85. The number of amides is 2. The highest BCUT2D eigenvalue weighted by atomic mass is 32.2. The third-order valence-corrected chi connectivity index (χ3v) is 3.68. The van der Waals surface area contributed by atoms with Crippen LogP contribution in [0.25, 0.3) is 0 Å². The summed E-state index contributed by atoms with van der Waals surface area (Å²) in [7, 11) is 2.89. The van der Waals surface area contributed by atoms with E-state index < -0.39 is 18.0 Å². The minimum Gasteiger partial charge on any atom is -0.496 e. The molecule has 122 valence electrons. The molecule has 22 heavy (non-hydrogen) atoms. The fourth-order valence-electron chi connectivity index (χ4n) is 1.86. The van der Waals surface area contributed by atoms with Gasteiger partial charge in [-0.05, 0) is 24.5 Å². The van der Waals surface area contributed by atoms with E-state index in [1.807, 2.05) is 30.5 Å². The Bertz CT molecular complexity index is 496. The van der Waals surface area contributed by atoms with E-state index in [4.69, 9.17) is 9.47 Å². The molecule has 2 N–H and O–H groups in total. The second-order valence-corrected chi connectivity index (χ2v) is 5.48. The molecule has 0 aliphatic carbocycles. The summed E-state index contributed by atoms with van der Waals surface area (Å²) in [5.41, 5.74) is 0.860. The van der Waals surface area contributed by atoms with E-state index in [0.717, 1.165) is 11.3 Å². The quantitative estimate of drug-likeness (QED) is 0.712. The number of hydrogen-bond acceptors (Lipinski definition) is 5. The summed E-state index contributed by atoms with van der Waals surface area (Å²) in [6.07, 6.45) is 2.46. The number of urea groups is 1. The molecule has 0 aliphatic heterocycles. The lowest BCUT2D eigenvalue weighted by Gasteiger charge is -2.17. The fraction of sp³-hybridized carbons (Fsp3) is 0.467. The van der Waals surface area contributed by atoms with Crippen LogP contribution in [0.5, 0.6) is 5.75 Å². The van der Waals surface area contributed by atoms with Gasteiger partial charge in [0.25, 0.3) is 0 Å². The average Bonchev–Trinajstić information content (AvgIpc) is 2.56. The van der Waals surface area contributed by atoms with E-state index >= 15 is 0 Å². The summed E-state index contributed by atoms with van der Waals surface area (Å²) < 4.78 is 9.92. The Morgan fingerprint density at radius 3 is 2.64 bits per heavy atom. The molecule has 0 saturated carbocycles. The van der Waals surface area contributed by atoms with Crippen molar-refractivity contribution < 1.29 is 19.1 Å². The maximum Gasteiger partial charge on any atom is 0.328 e. The van der Waals surface area contributed by atoms with E-state index in [9.17, 15) is 9.59 Å². The summed E-state index contributed by atoms with van der Waals surface area (Å²) in [4.78, 5) is 23.6. The van der Waals surface area contributed by atoms with Crippen molar-refractivity contribution in [3.63, 3.8) is 0 Å². The molecule has 2 amide bonds. The van der Waals surface area contributed by atoms with Gasteiger partial charge >= 0.3 is 12.0 Å². The predicted molar refractivity (Wildman–Crippen MR) is 87.2 cm³/mol. The Balaban J connectivity index is 2.54. The van der Waals surface area contributed by atoms with Gasteiger partial charge in [-0.1, -0.05) is 18.2 Å². The van der Waals surface area contributed by atoms with Crippen molar-refractivity contribution in [1.29, 1.82) is 0 Å². The van der Waals surface area contributed by atoms with E-state index in [1.54, 1.807) is 18.9 Å². The third kappa shape index (κ3) is 5.85. The molecule has 1 rings (SSSR count). The van der Waals surface area contributed by atoms with Gasteiger partial charge in [0.2, 0.25) is 0 Å². The number of hydrogen-bond donors (Lipinski definition) is 2. The van der Waals surface area contributed by atoms with Crippen LogP contribution in [0.2, 0.25) is 0 Å². The van der Waals surface area contributed by atoms with Crippen LogP contribution in [0.1, 0.15) is 12.0 Å². The van der Waals surface area contributed by atoms with E-state index in [2.05, 4.69) is 10.6 Å². The van der Waals surface area contributed by atoms with Crippen LogP contribution >= 0.6 is 11.8 Å². The number of esters is 1. The van der Waals surface area contributed by atoms with Crippen molar-refractivity contribution in [3.8, 4) is 5.75 Å². The summed E-state index contributed by atoms with van der Waals surface area (Å²) >= 11 is 1.60. The van der Waals surface area contributed by atoms with E-state index in [0.29, 0.717) is 18.7 Å². The number of methoxy groups -OCH3 is 2. The van der Waals surface area contributed by atoms with Crippen molar-refractivity contribution in [2.45, 2.75) is 19.0 Å². The second-order valence-electron chi connectivity index (χ2n) is 4.50. The number of para-hydroxylation sites is 1. The monoisotopic (exact) mass is 326 g/mol. The van der Waals surface area contributed by atoms with Crippen LogP contribution in [0.3, 0.4) is 0 Å². The van der Waals surface area contributed by atoms with Crippen molar-refractivity contribution >= 4 is 23.8 Å².